The second kappa shape index (κ2) is 7.40. The van der Waals surface area contributed by atoms with Crippen LogP contribution in [0.2, 0.25) is 0 Å². The number of alkyl halides is 3. The molecule has 2 saturated heterocycles. The van der Waals surface area contributed by atoms with E-state index in [0.29, 0.717) is 25.9 Å². The lowest BCUT2D eigenvalue weighted by atomic mass is 9.89. The van der Waals surface area contributed by atoms with Gasteiger partial charge < -0.3 is 15.3 Å². The minimum absolute atomic E-state index is 0.0177. The summed E-state index contributed by atoms with van der Waals surface area (Å²) in [5.74, 6) is -3.26. The van der Waals surface area contributed by atoms with E-state index in [9.17, 15) is 27.6 Å². The summed E-state index contributed by atoms with van der Waals surface area (Å²) in [5.41, 5.74) is 0. The highest BCUT2D eigenvalue weighted by Crippen LogP contribution is 2.30. The third kappa shape index (κ3) is 4.61. The number of nitrogens with one attached hydrogen (secondary N) is 1. The first-order valence-corrected chi connectivity index (χ1v) is 8.06. The minimum atomic E-state index is -4.50. The van der Waals surface area contributed by atoms with Gasteiger partial charge in [0.1, 0.15) is 12.0 Å². The topological polar surface area (TPSA) is 86.7 Å². The average Bonchev–Trinajstić information content (AvgIpc) is 2.51. The normalized spacial score (nSPS) is 28.4. The van der Waals surface area contributed by atoms with E-state index in [4.69, 9.17) is 5.11 Å². The number of hydrogen-bond acceptors (Lipinski definition) is 3. The molecule has 0 bridgehead atoms. The second-order valence-corrected chi connectivity index (χ2v) is 6.46. The highest BCUT2D eigenvalue weighted by molar-refractivity contribution is 6.00. The van der Waals surface area contributed by atoms with Crippen molar-refractivity contribution in [2.75, 3.05) is 13.1 Å². The first-order valence-electron chi connectivity index (χ1n) is 8.06. The van der Waals surface area contributed by atoms with E-state index in [-0.39, 0.29) is 25.2 Å². The highest BCUT2D eigenvalue weighted by Gasteiger charge is 2.46. The minimum Gasteiger partial charge on any atom is -0.481 e. The smallest absolute Gasteiger partial charge is 0.408 e. The maximum Gasteiger partial charge on any atom is 0.408 e. The molecule has 3 unspecified atom stereocenters. The number of halogens is 3. The van der Waals surface area contributed by atoms with E-state index < -0.39 is 35.9 Å². The van der Waals surface area contributed by atoms with Crippen LogP contribution < -0.4 is 5.32 Å². The summed E-state index contributed by atoms with van der Waals surface area (Å²) in [6, 6.07) is -1.89. The van der Waals surface area contributed by atoms with Crippen LogP contribution >= 0.6 is 0 Å². The Morgan fingerprint density at radius 1 is 1.25 bits per heavy atom. The molecule has 3 atom stereocenters. The van der Waals surface area contributed by atoms with Crippen molar-refractivity contribution in [2.45, 2.75) is 50.7 Å². The Bertz CT molecular complexity index is 509. The van der Waals surface area contributed by atoms with Gasteiger partial charge >= 0.3 is 12.1 Å². The molecule has 0 saturated carbocycles. The highest BCUT2D eigenvalue weighted by atomic mass is 19.4. The molecule has 2 heterocycles. The third-order valence-electron chi connectivity index (χ3n) is 4.67. The van der Waals surface area contributed by atoms with Crippen LogP contribution in [0.3, 0.4) is 0 Å². The molecule has 24 heavy (non-hydrogen) atoms. The maximum atomic E-state index is 12.6. The van der Waals surface area contributed by atoms with Crippen LogP contribution in [0.5, 0.6) is 0 Å². The fourth-order valence-electron chi connectivity index (χ4n) is 3.34. The zero-order valence-corrected chi connectivity index (χ0v) is 13.1. The largest absolute Gasteiger partial charge is 0.481 e. The van der Waals surface area contributed by atoms with Crippen LogP contribution in [0.1, 0.15) is 38.5 Å². The number of likely N-dealkylation sites (tertiary alicyclic amines) is 1. The molecular formula is C15H21F3N2O4. The van der Waals surface area contributed by atoms with Gasteiger partial charge in [-0.2, -0.15) is 13.2 Å². The Labute approximate surface area is 137 Å². The molecule has 0 aromatic rings. The zero-order chi connectivity index (χ0) is 17.9. The predicted octanol–water partition coefficient (Wildman–Crippen LogP) is 1.55. The molecule has 2 N–H and O–H groups in total. The van der Waals surface area contributed by atoms with Crippen LogP contribution in [0, 0.1) is 11.8 Å². The number of carboxylic acid groups (broad SMARTS) is 1. The molecule has 0 spiro atoms. The Hall–Kier alpha value is -1.80. The fraction of sp³-hybridized carbons (Fsp3) is 0.800. The van der Waals surface area contributed by atoms with Gasteiger partial charge in [-0.3, -0.25) is 14.4 Å². The lowest BCUT2D eigenvalue weighted by Gasteiger charge is -2.37. The summed E-state index contributed by atoms with van der Waals surface area (Å²) in [6.07, 6.45) is -2.95. The van der Waals surface area contributed by atoms with E-state index in [1.54, 1.807) is 0 Å². The molecule has 0 radical (unpaired) electrons. The van der Waals surface area contributed by atoms with Crippen LogP contribution in [-0.4, -0.2) is 53.1 Å². The maximum absolute atomic E-state index is 12.6. The molecular weight excluding hydrogens is 329 g/mol. The molecule has 2 amide bonds. The predicted molar refractivity (Wildman–Crippen MR) is 76.9 cm³/mol. The first kappa shape index (κ1) is 18.5. The van der Waals surface area contributed by atoms with Crippen molar-refractivity contribution in [1.82, 2.24) is 10.2 Å². The first-order chi connectivity index (χ1) is 11.2. The van der Waals surface area contributed by atoms with E-state index in [0.717, 1.165) is 6.42 Å². The summed E-state index contributed by atoms with van der Waals surface area (Å²) in [7, 11) is 0. The van der Waals surface area contributed by atoms with Gasteiger partial charge in [0.15, 0.2) is 0 Å². The standard InChI is InChI=1S/C15H21F3N2O4/c16-15(17,18)11-5-4-10(13(23)19-11)14(24)20-7-1-2-9(8-20)3-6-12(21)22/h9-11H,1-8H2,(H,19,23)(H,21,22). The average molecular weight is 350 g/mol. The van der Waals surface area contributed by atoms with Gasteiger partial charge in [-0.25, -0.2) is 0 Å². The van der Waals surface area contributed by atoms with Crippen molar-refractivity contribution < 1.29 is 32.7 Å². The summed E-state index contributed by atoms with van der Waals surface area (Å²) in [6.45, 7) is 0.813. The third-order valence-corrected chi connectivity index (χ3v) is 4.67. The zero-order valence-electron chi connectivity index (χ0n) is 13.1. The van der Waals surface area contributed by atoms with E-state index in [1.165, 1.54) is 4.90 Å². The van der Waals surface area contributed by atoms with Crippen molar-refractivity contribution >= 4 is 17.8 Å². The van der Waals surface area contributed by atoms with E-state index in [2.05, 4.69) is 0 Å². The molecule has 2 aliphatic rings. The SMILES string of the molecule is O=C(O)CCC1CCCN(C(=O)C2CCC(C(F)(F)F)NC2=O)C1. The number of rotatable bonds is 4. The summed E-state index contributed by atoms with van der Waals surface area (Å²) >= 11 is 0. The summed E-state index contributed by atoms with van der Waals surface area (Å²) in [4.78, 5) is 36.5. The molecule has 136 valence electrons. The molecule has 9 heteroatoms. The second-order valence-electron chi connectivity index (χ2n) is 6.46. The fourth-order valence-corrected chi connectivity index (χ4v) is 3.34. The molecule has 0 aliphatic carbocycles. The summed E-state index contributed by atoms with van der Waals surface area (Å²) < 4.78 is 37.9. The number of nitrogens with zero attached hydrogens (tertiary/aromatic N) is 1. The van der Waals surface area contributed by atoms with Crippen LogP contribution in [0.25, 0.3) is 0 Å². The molecule has 0 aromatic carbocycles. The molecule has 2 rings (SSSR count). The van der Waals surface area contributed by atoms with Gasteiger partial charge in [0.05, 0.1) is 0 Å². The monoisotopic (exact) mass is 350 g/mol. The van der Waals surface area contributed by atoms with Gasteiger partial charge in [-0.05, 0) is 38.0 Å². The number of hydrogen-bond donors (Lipinski definition) is 2. The van der Waals surface area contributed by atoms with Crippen molar-refractivity contribution in [3.8, 4) is 0 Å². The summed E-state index contributed by atoms with van der Waals surface area (Å²) in [5, 5.41) is 10.6. The Morgan fingerprint density at radius 2 is 1.96 bits per heavy atom. The van der Waals surface area contributed by atoms with Gasteiger partial charge in [0.25, 0.3) is 0 Å². The number of carbonyl (C=O) groups is 3. The van der Waals surface area contributed by atoms with Crippen LogP contribution in [0.15, 0.2) is 0 Å². The van der Waals surface area contributed by atoms with Crippen LogP contribution in [0.4, 0.5) is 13.2 Å². The van der Waals surface area contributed by atoms with Crippen molar-refractivity contribution in [2.24, 2.45) is 11.8 Å². The number of piperidine rings is 2. The van der Waals surface area contributed by atoms with Gasteiger partial charge in [0.2, 0.25) is 11.8 Å². The van der Waals surface area contributed by atoms with Crippen LogP contribution in [-0.2, 0) is 14.4 Å². The molecule has 2 fully saturated rings. The van der Waals surface area contributed by atoms with Crippen molar-refractivity contribution in [3.05, 3.63) is 0 Å². The molecule has 2 aliphatic heterocycles. The number of carbonyl (C=O) groups excluding carboxylic acids is 2. The lowest BCUT2D eigenvalue weighted by Crippen LogP contribution is -2.55. The number of amides is 2. The lowest BCUT2D eigenvalue weighted by molar-refractivity contribution is -0.172. The number of aliphatic carboxylic acids is 1. The van der Waals surface area contributed by atoms with Crippen molar-refractivity contribution in [3.63, 3.8) is 0 Å². The van der Waals surface area contributed by atoms with E-state index in [1.807, 2.05) is 5.32 Å². The Kier molecular flexibility index (Phi) is 5.71. The quantitative estimate of drug-likeness (QED) is 0.753. The van der Waals surface area contributed by atoms with Gasteiger partial charge in [-0.15, -0.1) is 0 Å². The van der Waals surface area contributed by atoms with Gasteiger partial charge in [-0.1, -0.05) is 0 Å². The Morgan fingerprint density at radius 3 is 2.54 bits per heavy atom. The van der Waals surface area contributed by atoms with Crippen molar-refractivity contribution in [1.29, 1.82) is 0 Å². The van der Waals surface area contributed by atoms with Gasteiger partial charge in [0, 0.05) is 19.5 Å². The Balaban J connectivity index is 1.91. The molecule has 0 aromatic heterocycles. The van der Waals surface area contributed by atoms with E-state index >= 15 is 0 Å². The number of carboxylic acids is 1. The molecule has 6 nitrogen and oxygen atoms in total.